The fraction of sp³-hybridized carbons (Fsp3) is 0. The molecule has 0 aliphatic carbocycles. The van der Waals surface area contributed by atoms with Gasteiger partial charge in [0.05, 0.1) is 28.1 Å². The standard InChI is InChI=1S/C58H34N4O2/c1-2-11-35(12-3-1)50-34-51(62-58(61-50)39-26-22-36(23-27-39)49-29-28-38-25-24-37-13-10-30-59-54(37)55(38)60-49)42-32-40(43-16-8-18-47-45-14-4-6-20-52(45)63-56(43)47)31-41(33-42)44-17-9-19-48-46-15-5-7-21-53(46)64-57(44)48/h1-34H. The molecule has 13 rings (SSSR count). The summed E-state index contributed by atoms with van der Waals surface area (Å²) in [5, 5.41) is 6.44. The van der Waals surface area contributed by atoms with Crippen LogP contribution in [0.4, 0.5) is 0 Å². The van der Waals surface area contributed by atoms with Crippen molar-refractivity contribution in [3.63, 3.8) is 0 Å². The van der Waals surface area contributed by atoms with E-state index in [1.54, 1.807) is 0 Å². The zero-order valence-corrected chi connectivity index (χ0v) is 34.2. The van der Waals surface area contributed by atoms with E-state index >= 15 is 0 Å². The van der Waals surface area contributed by atoms with Gasteiger partial charge in [0.25, 0.3) is 0 Å². The van der Waals surface area contributed by atoms with E-state index in [9.17, 15) is 0 Å². The van der Waals surface area contributed by atoms with Gasteiger partial charge in [-0.3, -0.25) is 4.98 Å². The molecule has 0 radical (unpaired) electrons. The van der Waals surface area contributed by atoms with Crippen LogP contribution in [-0.2, 0) is 0 Å². The average Bonchev–Trinajstić information content (AvgIpc) is 3.95. The third-order valence-electron chi connectivity index (χ3n) is 12.3. The molecule has 13 aromatic rings. The van der Waals surface area contributed by atoms with E-state index in [4.69, 9.17) is 23.8 Å². The SMILES string of the molecule is c1ccc(-c2cc(-c3cc(-c4cccc5c4oc4ccccc45)cc(-c4cccc5c4oc4ccccc45)c3)nc(-c3ccc(-c4ccc5ccc6cccnc6c5n4)cc3)n2)cc1. The van der Waals surface area contributed by atoms with Gasteiger partial charge in [-0.15, -0.1) is 0 Å². The number of para-hydroxylation sites is 4. The molecule has 0 aliphatic rings. The fourth-order valence-corrected chi connectivity index (χ4v) is 9.19. The Morgan fingerprint density at radius 3 is 1.52 bits per heavy atom. The fourth-order valence-electron chi connectivity index (χ4n) is 9.19. The quantitative estimate of drug-likeness (QED) is 0.156. The van der Waals surface area contributed by atoms with E-state index < -0.39 is 0 Å². The van der Waals surface area contributed by atoms with Crippen molar-refractivity contribution in [2.75, 3.05) is 0 Å². The smallest absolute Gasteiger partial charge is 0.160 e. The first-order valence-corrected chi connectivity index (χ1v) is 21.4. The lowest BCUT2D eigenvalue weighted by Crippen LogP contribution is -1.97. The second-order valence-electron chi connectivity index (χ2n) is 16.2. The van der Waals surface area contributed by atoms with E-state index in [2.05, 4.69) is 157 Å². The minimum Gasteiger partial charge on any atom is -0.455 e. The summed E-state index contributed by atoms with van der Waals surface area (Å²) in [5.41, 5.74) is 15.5. The summed E-state index contributed by atoms with van der Waals surface area (Å²) in [6, 6.07) is 69.1. The second-order valence-corrected chi connectivity index (χ2v) is 16.2. The van der Waals surface area contributed by atoms with Gasteiger partial charge in [0, 0.05) is 71.9 Å². The molecule has 6 nitrogen and oxygen atoms in total. The molecule has 0 saturated heterocycles. The molecule has 0 aliphatic heterocycles. The molecule has 0 N–H and O–H groups in total. The van der Waals surface area contributed by atoms with Crippen LogP contribution in [0.5, 0.6) is 0 Å². The summed E-state index contributed by atoms with van der Waals surface area (Å²) in [6.07, 6.45) is 1.82. The zero-order chi connectivity index (χ0) is 42.1. The number of benzene rings is 8. The number of aromatic nitrogens is 4. The summed E-state index contributed by atoms with van der Waals surface area (Å²) in [7, 11) is 0. The molecule has 64 heavy (non-hydrogen) atoms. The van der Waals surface area contributed by atoms with Crippen molar-refractivity contribution in [1.82, 2.24) is 19.9 Å². The first-order chi connectivity index (χ1) is 31.7. The van der Waals surface area contributed by atoms with E-state index in [1.165, 1.54) is 0 Å². The Hall–Kier alpha value is -8.74. The molecule has 0 amide bonds. The van der Waals surface area contributed by atoms with Gasteiger partial charge >= 0.3 is 0 Å². The number of fused-ring (bicyclic) bond motifs is 9. The maximum atomic E-state index is 6.62. The van der Waals surface area contributed by atoms with Crippen LogP contribution in [0.25, 0.3) is 133 Å². The Morgan fingerprint density at radius 2 is 0.844 bits per heavy atom. The number of hydrogen-bond acceptors (Lipinski definition) is 6. The zero-order valence-electron chi connectivity index (χ0n) is 34.2. The number of furan rings is 2. The van der Waals surface area contributed by atoms with Crippen molar-refractivity contribution in [2.45, 2.75) is 0 Å². The van der Waals surface area contributed by atoms with Crippen molar-refractivity contribution < 1.29 is 8.83 Å². The topological polar surface area (TPSA) is 77.8 Å². The summed E-state index contributed by atoms with van der Waals surface area (Å²) in [5.74, 6) is 0.621. The highest BCUT2D eigenvalue weighted by atomic mass is 16.3. The Kier molecular flexibility index (Phi) is 8.11. The summed E-state index contributed by atoms with van der Waals surface area (Å²) < 4.78 is 13.2. The molecule has 6 heteroatoms. The molecule has 0 saturated carbocycles. The van der Waals surface area contributed by atoms with Gasteiger partial charge in [0.1, 0.15) is 22.3 Å². The summed E-state index contributed by atoms with van der Waals surface area (Å²) >= 11 is 0. The summed E-state index contributed by atoms with van der Waals surface area (Å²) in [6.45, 7) is 0. The van der Waals surface area contributed by atoms with Crippen molar-refractivity contribution >= 4 is 65.7 Å². The molecule has 0 unspecified atom stereocenters. The largest absolute Gasteiger partial charge is 0.455 e. The van der Waals surface area contributed by atoms with Gasteiger partial charge in [-0.05, 0) is 59.7 Å². The summed E-state index contributed by atoms with van der Waals surface area (Å²) in [4.78, 5) is 20.3. The van der Waals surface area contributed by atoms with E-state index in [-0.39, 0.29) is 0 Å². The minimum absolute atomic E-state index is 0.621. The first kappa shape index (κ1) is 36.0. The van der Waals surface area contributed by atoms with E-state index in [1.807, 2.05) is 54.7 Å². The van der Waals surface area contributed by atoms with Crippen molar-refractivity contribution in [3.05, 3.63) is 206 Å². The van der Waals surface area contributed by atoms with E-state index in [0.717, 1.165) is 127 Å². The van der Waals surface area contributed by atoms with Gasteiger partial charge < -0.3 is 8.83 Å². The molecule has 0 fully saturated rings. The van der Waals surface area contributed by atoms with Crippen LogP contribution >= 0.6 is 0 Å². The lowest BCUT2D eigenvalue weighted by Gasteiger charge is -2.14. The lowest BCUT2D eigenvalue weighted by atomic mass is 9.93. The van der Waals surface area contributed by atoms with Gasteiger partial charge in [0.2, 0.25) is 0 Å². The first-order valence-electron chi connectivity index (χ1n) is 21.4. The van der Waals surface area contributed by atoms with Crippen LogP contribution in [-0.4, -0.2) is 19.9 Å². The molecule has 0 bridgehead atoms. The highest BCUT2D eigenvalue weighted by Crippen LogP contribution is 2.42. The highest BCUT2D eigenvalue weighted by Gasteiger charge is 2.19. The van der Waals surface area contributed by atoms with Gasteiger partial charge in [-0.1, -0.05) is 152 Å². The third-order valence-corrected chi connectivity index (χ3v) is 12.3. The Bertz CT molecular complexity index is 3830. The molecule has 8 aromatic carbocycles. The van der Waals surface area contributed by atoms with Gasteiger partial charge in [-0.25, -0.2) is 15.0 Å². The maximum Gasteiger partial charge on any atom is 0.160 e. The predicted molar refractivity (Wildman–Crippen MR) is 260 cm³/mol. The van der Waals surface area contributed by atoms with Crippen molar-refractivity contribution in [1.29, 1.82) is 0 Å². The lowest BCUT2D eigenvalue weighted by molar-refractivity contribution is 0.670. The van der Waals surface area contributed by atoms with Crippen molar-refractivity contribution in [3.8, 4) is 67.4 Å². The second kappa shape index (κ2) is 14.4. The van der Waals surface area contributed by atoms with Crippen LogP contribution in [0.15, 0.2) is 215 Å². The molecule has 5 aromatic heterocycles. The molecular formula is C58H34N4O2. The molecular weight excluding hydrogens is 785 g/mol. The maximum absolute atomic E-state index is 6.62. The van der Waals surface area contributed by atoms with Crippen LogP contribution in [0.3, 0.4) is 0 Å². The van der Waals surface area contributed by atoms with Crippen LogP contribution in [0.1, 0.15) is 0 Å². The van der Waals surface area contributed by atoms with E-state index in [0.29, 0.717) is 5.82 Å². The predicted octanol–water partition coefficient (Wildman–Crippen LogP) is 15.4. The molecule has 0 spiro atoms. The van der Waals surface area contributed by atoms with Crippen molar-refractivity contribution in [2.24, 2.45) is 0 Å². The number of pyridine rings is 2. The normalized spacial score (nSPS) is 11.8. The Morgan fingerprint density at radius 1 is 0.312 bits per heavy atom. The van der Waals surface area contributed by atoms with Crippen LogP contribution < -0.4 is 0 Å². The van der Waals surface area contributed by atoms with Crippen LogP contribution in [0, 0.1) is 0 Å². The van der Waals surface area contributed by atoms with Crippen LogP contribution in [0.2, 0.25) is 0 Å². The Balaban J connectivity index is 0.996. The Labute approximate surface area is 366 Å². The average molecular weight is 819 g/mol. The third kappa shape index (κ3) is 5.96. The molecule has 0 atom stereocenters. The van der Waals surface area contributed by atoms with Gasteiger partial charge in [0.15, 0.2) is 5.82 Å². The minimum atomic E-state index is 0.621. The monoisotopic (exact) mass is 818 g/mol. The van der Waals surface area contributed by atoms with Gasteiger partial charge in [-0.2, -0.15) is 0 Å². The number of rotatable bonds is 6. The number of nitrogens with zero attached hydrogens (tertiary/aromatic N) is 4. The molecule has 298 valence electrons. The number of hydrogen-bond donors (Lipinski definition) is 0. The molecule has 5 heterocycles. The highest BCUT2D eigenvalue weighted by molar-refractivity contribution is 6.12.